The number of hydrogen-bond donors (Lipinski definition) is 0. The van der Waals surface area contributed by atoms with E-state index >= 15 is 0 Å². The predicted molar refractivity (Wildman–Crippen MR) is 55.7 cm³/mol. The van der Waals surface area contributed by atoms with Crippen molar-refractivity contribution >= 4 is 6.98 Å². The summed E-state index contributed by atoms with van der Waals surface area (Å²) in [6.45, 7) is 1.16. The number of halogens is 3. The third-order valence-electron chi connectivity index (χ3n) is 2.06. The van der Waals surface area contributed by atoms with Crippen molar-refractivity contribution in [1.82, 2.24) is 4.98 Å². The molecular weight excluding hydrogens is 241 g/mol. The molecule has 1 heterocycles. The van der Waals surface area contributed by atoms with E-state index < -0.39 is 13.3 Å². The molecule has 0 radical (unpaired) electrons. The maximum atomic E-state index is 12.1. The molecule has 0 spiro atoms. The van der Waals surface area contributed by atoms with Crippen LogP contribution < -0.4 is 51.4 Å². The molecule has 0 aliphatic rings. The first-order valence-electron chi connectivity index (χ1n) is 4.85. The Morgan fingerprint density at radius 1 is 1.19 bits per heavy atom. The van der Waals surface area contributed by atoms with E-state index in [9.17, 15) is 12.9 Å². The minimum Gasteiger partial charge on any atom is -0.449 e. The van der Waals surface area contributed by atoms with Crippen LogP contribution in [0.15, 0.2) is 18.3 Å². The van der Waals surface area contributed by atoms with Gasteiger partial charge >= 0.3 is 58.4 Å². The molecule has 0 N–H and O–H groups in total. The van der Waals surface area contributed by atoms with Gasteiger partial charge in [-0.15, -0.1) is 0 Å². The Labute approximate surface area is 137 Å². The Morgan fingerprint density at radius 3 is 2.06 bits per heavy atom. The second-order valence-corrected chi connectivity index (χ2v) is 4.72. The topological polar surface area (TPSA) is 12.9 Å². The van der Waals surface area contributed by atoms with E-state index in [1.54, 1.807) is 6.07 Å². The Hall–Kier alpha value is 0.641. The molecule has 0 saturated carbocycles. The molecule has 84 valence electrons. The second kappa shape index (κ2) is 6.00. The number of hydrogen-bond acceptors (Lipinski definition) is 1. The van der Waals surface area contributed by atoms with Gasteiger partial charge in [-0.2, -0.15) is 0 Å². The summed E-state index contributed by atoms with van der Waals surface area (Å²) >= 11 is 0. The van der Waals surface area contributed by atoms with Crippen molar-refractivity contribution in [3.63, 3.8) is 0 Å². The van der Waals surface area contributed by atoms with Crippen molar-refractivity contribution < 1.29 is 64.3 Å². The van der Waals surface area contributed by atoms with Gasteiger partial charge in [0, 0.05) is 17.3 Å². The maximum absolute atomic E-state index is 12.1. The largest absolute Gasteiger partial charge is 1.00 e. The Morgan fingerprint density at radius 2 is 1.75 bits per heavy atom. The van der Waals surface area contributed by atoms with Crippen LogP contribution in [0.5, 0.6) is 0 Å². The Kier molecular flexibility index (Phi) is 6.24. The summed E-state index contributed by atoms with van der Waals surface area (Å²) in [6, 6.07) is 3.17. The molecule has 0 aliphatic heterocycles. The van der Waals surface area contributed by atoms with E-state index in [-0.39, 0.29) is 62.4 Å². The first-order chi connectivity index (χ1) is 6.68. The minimum absolute atomic E-state index is 0. The fourth-order valence-electron chi connectivity index (χ4n) is 1.26. The zero-order chi connectivity index (χ0) is 11.7. The maximum Gasteiger partial charge on any atom is 1.00 e. The van der Waals surface area contributed by atoms with E-state index in [4.69, 9.17) is 0 Å². The normalized spacial score (nSPS) is 12.1. The molecule has 0 aromatic carbocycles. The standard InChI is InChI=1S/C10H14BF3N.K/c1-10(2,3)9-5-4-8(7-15-9)6-11(12,13)14;/h4-5,7H,6H2,1-3H3;/q-1;+1. The van der Waals surface area contributed by atoms with E-state index in [1.165, 1.54) is 12.3 Å². The van der Waals surface area contributed by atoms with Crippen molar-refractivity contribution in [2.24, 2.45) is 0 Å². The molecule has 0 aliphatic carbocycles. The molecule has 1 rings (SSSR count). The fraction of sp³-hybridized carbons (Fsp3) is 0.500. The van der Waals surface area contributed by atoms with E-state index in [1.807, 2.05) is 20.8 Å². The van der Waals surface area contributed by atoms with Gasteiger partial charge in [-0.1, -0.05) is 38.7 Å². The molecule has 6 heteroatoms. The quantitative estimate of drug-likeness (QED) is 0.693. The molecule has 1 aromatic rings. The van der Waals surface area contributed by atoms with Gasteiger partial charge in [0.05, 0.1) is 0 Å². The summed E-state index contributed by atoms with van der Waals surface area (Å²) in [5.41, 5.74) is 0.915. The summed E-state index contributed by atoms with van der Waals surface area (Å²) in [5.74, 6) is 0. The van der Waals surface area contributed by atoms with Crippen LogP contribution in [0.1, 0.15) is 32.0 Å². The molecule has 0 amide bonds. The summed E-state index contributed by atoms with van der Waals surface area (Å²) < 4.78 is 36.3. The van der Waals surface area contributed by atoms with Crippen molar-refractivity contribution in [3.8, 4) is 0 Å². The van der Waals surface area contributed by atoms with E-state index in [2.05, 4.69) is 4.98 Å². The number of nitrogens with zero attached hydrogens (tertiary/aromatic N) is 1. The van der Waals surface area contributed by atoms with Crippen molar-refractivity contribution in [2.45, 2.75) is 32.5 Å². The smallest absolute Gasteiger partial charge is 0.449 e. The molecule has 0 bridgehead atoms. The minimum atomic E-state index is -4.76. The van der Waals surface area contributed by atoms with Crippen LogP contribution in [-0.4, -0.2) is 12.0 Å². The summed E-state index contributed by atoms with van der Waals surface area (Å²) in [6.07, 6.45) is 0.466. The number of pyridine rings is 1. The SMILES string of the molecule is CC(C)(C)c1ccc(C[B-](F)(F)F)cn1.[K+]. The van der Waals surface area contributed by atoms with Crippen LogP contribution in [0.25, 0.3) is 0 Å². The van der Waals surface area contributed by atoms with Gasteiger partial charge in [0.1, 0.15) is 0 Å². The van der Waals surface area contributed by atoms with Crippen molar-refractivity contribution in [2.75, 3.05) is 0 Å². The van der Waals surface area contributed by atoms with Gasteiger partial charge in [0.25, 0.3) is 0 Å². The average molecular weight is 255 g/mol. The zero-order valence-electron chi connectivity index (χ0n) is 10.1. The van der Waals surface area contributed by atoms with Crippen LogP contribution in [0.4, 0.5) is 12.9 Å². The van der Waals surface area contributed by atoms with Crippen molar-refractivity contribution in [3.05, 3.63) is 29.6 Å². The van der Waals surface area contributed by atoms with Crippen LogP contribution in [0.3, 0.4) is 0 Å². The van der Waals surface area contributed by atoms with Gasteiger partial charge in [-0.05, 0) is 6.07 Å². The second-order valence-electron chi connectivity index (χ2n) is 4.72. The van der Waals surface area contributed by atoms with Gasteiger partial charge in [0.15, 0.2) is 0 Å². The average Bonchev–Trinajstić information content (AvgIpc) is 2.00. The van der Waals surface area contributed by atoms with Gasteiger partial charge in [-0.25, -0.2) is 0 Å². The number of aromatic nitrogens is 1. The summed E-state index contributed by atoms with van der Waals surface area (Å²) in [5, 5.41) is 0. The third kappa shape index (κ3) is 5.82. The summed E-state index contributed by atoms with van der Waals surface area (Å²) in [4.78, 5) is 4.04. The monoisotopic (exact) mass is 255 g/mol. The molecule has 0 atom stereocenters. The first kappa shape index (κ1) is 16.6. The van der Waals surface area contributed by atoms with Gasteiger partial charge in [-0.3, -0.25) is 4.98 Å². The van der Waals surface area contributed by atoms with Crippen LogP contribution in [0.2, 0.25) is 0 Å². The third-order valence-corrected chi connectivity index (χ3v) is 2.06. The molecular formula is C10H14BF3KN. The molecule has 0 fully saturated rings. The van der Waals surface area contributed by atoms with Gasteiger partial charge in [0.2, 0.25) is 0 Å². The molecule has 1 aromatic heterocycles. The molecule has 0 unspecified atom stereocenters. The number of rotatable bonds is 2. The van der Waals surface area contributed by atoms with Crippen LogP contribution >= 0.6 is 0 Å². The summed E-state index contributed by atoms with van der Waals surface area (Å²) in [7, 11) is 0. The Bertz CT molecular complexity index is 329. The van der Waals surface area contributed by atoms with Gasteiger partial charge < -0.3 is 12.9 Å². The first-order valence-corrected chi connectivity index (χ1v) is 4.85. The van der Waals surface area contributed by atoms with E-state index in [0.29, 0.717) is 0 Å². The molecule has 0 saturated heterocycles. The molecule has 16 heavy (non-hydrogen) atoms. The predicted octanol–water partition coefficient (Wildman–Crippen LogP) is 0.312. The molecule has 1 nitrogen and oxygen atoms in total. The van der Waals surface area contributed by atoms with Crippen LogP contribution in [0, 0.1) is 0 Å². The fourth-order valence-corrected chi connectivity index (χ4v) is 1.26. The zero-order valence-corrected chi connectivity index (χ0v) is 13.2. The van der Waals surface area contributed by atoms with Crippen molar-refractivity contribution in [1.29, 1.82) is 0 Å². The van der Waals surface area contributed by atoms with E-state index in [0.717, 1.165) is 5.69 Å². The Balaban J connectivity index is 0.00000225. The van der Waals surface area contributed by atoms with Crippen LogP contribution in [-0.2, 0) is 11.7 Å².